The van der Waals surface area contributed by atoms with Gasteiger partial charge in [-0.25, -0.2) is 0 Å². The molecule has 1 unspecified atom stereocenters. The van der Waals surface area contributed by atoms with Crippen molar-refractivity contribution >= 4 is 13.8 Å². The second-order valence-corrected chi connectivity index (χ2v) is 9.74. The molecule has 148 valence electrons. The van der Waals surface area contributed by atoms with Crippen molar-refractivity contribution in [3.05, 3.63) is 52.6 Å². The van der Waals surface area contributed by atoms with Crippen LogP contribution in [0.25, 0.3) is 11.1 Å². The van der Waals surface area contributed by atoms with Gasteiger partial charge in [-0.2, -0.15) is 0 Å². The fourth-order valence-corrected chi connectivity index (χ4v) is 6.64. The average Bonchev–Trinajstić information content (AvgIpc) is 2.75. The lowest BCUT2D eigenvalue weighted by atomic mass is 9.74. The topological polar surface area (TPSA) is 17.1 Å². The third kappa shape index (κ3) is 3.84. The third-order valence-electron chi connectivity index (χ3n) is 7.17. The van der Waals surface area contributed by atoms with Gasteiger partial charge in [0.1, 0.15) is 0 Å². The zero-order valence-corrected chi connectivity index (χ0v) is 18.5. The maximum atomic E-state index is 12.7. The van der Waals surface area contributed by atoms with Crippen LogP contribution in [0.2, 0.25) is 0 Å². The Hall–Kier alpha value is -1.46. The van der Waals surface area contributed by atoms with E-state index in [0.717, 1.165) is 5.30 Å². The quantitative estimate of drug-likeness (QED) is 0.486. The van der Waals surface area contributed by atoms with E-state index in [9.17, 15) is 4.57 Å². The fraction of sp³-hybridized carbons (Fsp3) is 0.538. The van der Waals surface area contributed by atoms with Gasteiger partial charge in [0, 0.05) is 11.1 Å². The standard InChI is InChI=1S/C26H33OP/c1-18-11-9-10-16-22(18)24-19(2)17-23(20-12-5-3-6-13-20)25(26(24)28-27)21-14-7-4-8-15-21/h9-11,16-17,20-21H,3-8,12-15H2,1-2H3/p+1. The van der Waals surface area contributed by atoms with E-state index in [0.29, 0.717) is 11.8 Å². The van der Waals surface area contributed by atoms with Crippen LogP contribution in [-0.4, -0.2) is 0 Å². The van der Waals surface area contributed by atoms with Crippen molar-refractivity contribution in [1.29, 1.82) is 0 Å². The summed E-state index contributed by atoms with van der Waals surface area (Å²) in [5.74, 6) is 1.27. The van der Waals surface area contributed by atoms with Crippen molar-refractivity contribution in [1.82, 2.24) is 0 Å². The number of benzene rings is 2. The minimum absolute atomic E-state index is 0.369. The Morgan fingerprint density at radius 1 is 0.786 bits per heavy atom. The van der Waals surface area contributed by atoms with Crippen molar-refractivity contribution in [2.75, 3.05) is 0 Å². The van der Waals surface area contributed by atoms with Gasteiger partial charge in [0.2, 0.25) is 0 Å². The molecule has 2 aliphatic rings. The van der Waals surface area contributed by atoms with Crippen molar-refractivity contribution in [2.45, 2.75) is 89.9 Å². The van der Waals surface area contributed by atoms with Gasteiger partial charge in [-0.15, -0.1) is 0 Å². The van der Waals surface area contributed by atoms with Crippen LogP contribution >= 0.6 is 8.46 Å². The van der Waals surface area contributed by atoms with Crippen LogP contribution in [0.3, 0.4) is 0 Å². The van der Waals surface area contributed by atoms with Gasteiger partial charge in [0.25, 0.3) is 0 Å². The van der Waals surface area contributed by atoms with Crippen LogP contribution in [-0.2, 0) is 4.57 Å². The minimum atomic E-state index is -0.369. The molecule has 2 heteroatoms. The molecule has 4 rings (SSSR count). The molecule has 0 aliphatic heterocycles. The molecule has 1 nitrogen and oxygen atoms in total. The van der Waals surface area contributed by atoms with E-state index in [2.05, 4.69) is 44.2 Å². The largest absolute Gasteiger partial charge is 0.364 e. The summed E-state index contributed by atoms with van der Waals surface area (Å²) in [5, 5.41) is 1.15. The summed E-state index contributed by atoms with van der Waals surface area (Å²) in [4.78, 5) is 0. The molecular weight excluding hydrogens is 359 g/mol. The molecule has 2 saturated carbocycles. The van der Waals surface area contributed by atoms with E-state index < -0.39 is 0 Å². The SMILES string of the molecule is Cc1ccccc1-c1c(C)cc(C2CCCCC2)c(C2CCCCC2)c1[PH+]=O. The molecule has 0 aromatic heterocycles. The fourth-order valence-electron chi connectivity index (χ4n) is 5.75. The van der Waals surface area contributed by atoms with E-state index in [4.69, 9.17) is 0 Å². The summed E-state index contributed by atoms with van der Waals surface area (Å²) in [7, 11) is -0.369. The predicted octanol–water partition coefficient (Wildman–Crippen LogP) is 7.72. The second-order valence-electron chi connectivity index (χ2n) is 9.03. The molecule has 0 amide bonds. The zero-order chi connectivity index (χ0) is 19.5. The zero-order valence-electron chi connectivity index (χ0n) is 17.5. The molecule has 0 bridgehead atoms. The van der Waals surface area contributed by atoms with Crippen molar-refractivity contribution in [2.24, 2.45) is 0 Å². The van der Waals surface area contributed by atoms with E-state index in [-0.39, 0.29) is 8.46 Å². The monoisotopic (exact) mass is 393 g/mol. The predicted molar refractivity (Wildman–Crippen MR) is 122 cm³/mol. The van der Waals surface area contributed by atoms with E-state index >= 15 is 0 Å². The van der Waals surface area contributed by atoms with Gasteiger partial charge >= 0.3 is 8.46 Å². The van der Waals surface area contributed by atoms with Crippen LogP contribution in [0.15, 0.2) is 30.3 Å². The lowest BCUT2D eigenvalue weighted by Gasteiger charge is -2.30. The number of rotatable bonds is 4. The maximum Gasteiger partial charge on any atom is 0.364 e. The Morgan fingerprint density at radius 3 is 2.00 bits per heavy atom. The molecule has 0 spiro atoms. The highest BCUT2D eigenvalue weighted by atomic mass is 31.1. The number of hydrogen-bond donors (Lipinski definition) is 0. The summed E-state index contributed by atoms with van der Waals surface area (Å²) in [6, 6.07) is 11.1. The molecule has 0 heterocycles. The van der Waals surface area contributed by atoms with E-state index in [1.165, 1.54) is 92.0 Å². The van der Waals surface area contributed by atoms with Crippen molar-refractivity contribution < 1.29 is 4.57 Å². The molecule has 2 fully saturated rings. The Bertz CT molecular complexity index is 842. The van der Waals surface area contributed by atoms with Gasteiger partial charge in [0.05, 0.1) is 0 Å². The van der Waals surface area contributed by atoms with Gasteiger partial charge in [0.15, 0.2) is 5.30 Å². The number of hydrogen-bond acceptors (Lipinski definition) is 1. The highest BCUT2D eigenvalue weighted by Gasteiger charge is 2.32. The van der Waals surface area contributed by atoms with E-state index in [1.807, 2.05) is 0 Å². The molecule has 0 saturated heterocycles. The molecule has 0 N–H and O–H groups in total. The van der Waals surface area contributed by atoms with Gasteiger partial charge in [-0.05, 0) is 73.6 Å². The summed E-state index contributed by atoms with van der Waals surface area (Å²) in [6.45, 7) is 4.42. The second kappa shape index (κ2) is 8.91. The highest BCUT2D eigenvalue weighted by molar-refractivity contribution is 7.34. The summed E-state index contributed by atoms with van der Waals surface area (Å²) >= 11 is 0. The van der Waals surface area contributed by atoms with Crippen LogP contribution in [0.1, 0.15) is 98.3 Å². The Balaban J connectivity index is 1.93. The van der Waals surface area contributed by atoms with Crippen LogP contribution < -0.4 is 5.30 Å². The van der Waals surface area contributed by atoms with Gasteiger partial charge in [-0.1, -0.05) is 73.4 Å². The van der Waals surface area contributed by atoms with Crippen LogP contribution in [0.5, 0.6) is 0 Å². The normalized spacial score (nSPS) is 19.2. The molecule has 28 heavy (non-hydrogen) atoms. The highest BCUT2D eigenvalue weighted by Crippen LogP contribution is 2.44. The Labute approximate surface area is 172 Å². The van der Waals surface area contributed by atoms with E-state index in [1.54, 1.807) is 5.56 Å². The smallest absolute Gasteiger partial charge is 0.0707 e. The van der Waals surface area contributed by atoms with Gasteiger partial charge < -0.3 is 0 Å². The maximum absolute atomic E-state index is 12.7. The van der Waals surface area contributed by atoms with Crippen molar-refractivity contribution in [3.63, 3.8) is 0 Å². The Kier molecular flexibility index (Phi) is 6.32. The summed E-state index contributed by atoms with van der Waals surface area (Å²) in [6.07, 6.45) is 13.3. The number of aryl methyl sites for hydroxylation is 2. The first kappa shape index (κ1) is 19.8. The first-order valence-corrected chi connectivity index (χ1v) is 12.2. The first-order chi connectivity index (χ1) is 13.7. The molecular formula is C26H34OP+. The molecule has 2 aromatic rings. The first-order valence-electron chi connectivity index (χ1n) is 11.3. The van der Waals surface area contributed by atoms with Crippen LogP contribution in [0.4, 0.5) is 0 Å². The third-order valence-corrected chi connectivity index (χ3v) is 7.90. The van der Waals surface area contributed by atoms with Crippen molar-refractivity contribution in [3.8, 4) is 11.1 Å². The Morgan fingerprint density at radius 2 is 1.39 bits per heavy atom. The molecule has 0 radical (unpaired) electrons. The summed E-state index contributed by atoms with van der Waals surface area (Å²) < 4.78 is 12.7. The molecule has 1 atom stereocenters. The summed E-state index contributed by atoms with van der Waals surface area (Å²) in [5.41, 5.74) is 8.17. The van der Waals surface area contributed by atoms with Gasteiger partial charge in [-0.3, -0.25) is 0 Å². The molecule has 2 aliphatic carbocycles. The molecule has 2 aromatic carbocycles. The lowest BCUT2D eigenvalue weighted by Crippen LogP contribution is -2.21. The van der Waals surface area contributed by atoms with Crippen LogP contribution in [0, 0.1) is 13.8 Å². The lowest BCUT2D eigenvalue weighted by molar-refractivity contribution is 0.420. The average molecular weight is 394 g/mol. The minimum Gasteiger partial charge on any atom is -0.0707 e.